The van der Waals surface area contributed by atoms with Gasteiger partial charge in [-0.3, -0.25) is 9.78 Å². The number of nitrogens with one attached hydrogen (secondary N) is 2. The van der Waals surface area contributed by atoms with Crippen molar-refractivity contribution in [1.82, 2.24) is 20.5 Å². The molecule has 0 spiro atoms. The summed E-state index contributed by atoms with van der Waals surface area (Å²) in [5.41, 5.74) is 1.87. The third-order valence-corrected chi connectivity index (χ3v) is 4.53. The van der Waals surface area contributed by atoms with E-state index in [4.69, 9.17) is 0 Å². The summed E-state index contributed by atoms with van der Waals surface area (Å²) < 4.78 is 0. The predicted octanol–water partition coefficient (Wildman–Crippen LogP) is 2.63. The van der Waals surface area contributed by atoms with Gasteiger partial charge in [-0.05, 0) is 37.5 Å². The molecule has 0 bridgehead atoms. The molecular weight excluding hydrogens is 328 g/mol. The molecule has 1 saturated heterocycles. The molecule has 1 fully saturated rings. The van der Waals surface area contributed by atoms with Crippen LogP contribution in [-0.2, 0) is 11.3 Å². The lowest BCUT2D eigenvalue weighted by molar-refractivity contribution is -0.136. The molecule has 3 rings (SSSR count). The van der Waals surface area contributed by atoms with Crippen LogP contribution in [-0.4, -0.2) is 34.4 Å². The maximum Gasteiger partial charge on any atom is 0.315 e. The van der Waals surface area contributed by atoms with Crippen molar-refractivity contribution < 1.29 is 9.59 Å². The highest BCUT2D eigenvalue weighted by molar-refractivity contribution is 5.87. The highest BCUT2D eigenvalue weighted by Crippen LogP contribution is 2.15. The number of aromatic nitrogens is 1. The van der Waals surface area contributed by atoms with E-state index in [0.29, 0.717) is 13.0 Å². The van der Waals surface area contributed by atoms with Gasteiger partial charge in [0.2, 0.25) is 5.91 Å². The fourth-order valence-corrected chi connectivity index (χ4v) is 3.14. The average molecular weight is 352 g/mol. The molecule has 2 aromatic rings. The van der Waals surface area contributed by atoms with E-state index >= 15 is 0 Å². The van der Waals surface area contributed by atoms with Crippen LogP contribution >= 0.6 is 0 Å². The molecule has 26 heavy (non-hydrogen) atoms. The second-order valence-corrected chi connectivity index (χ2v) is 6.53. The number of hydrogen-bond donors (Lipinski definition) is 2. The minimum atomic E-state index is -0.483. The Morgan fingerprint density at radius 1 is 1.23 bits per heavy atom. The number of hydrogen-bond acceptors (Lipinski definition) is 3. The minimum Gasteiger partial charge on any atom is -0.337 e. The topological polar surface area (TPSA) is 74.3 Å². The molecule has 2 N–H and O–H groups in total. The van der Waals surface area contributed by atoms with Gasteiger partial charge in [0.25, 0.3) is 0 Å². The maximum atomic E-state index is 12.7. The SMILES string of the molecule is CC(NC(=O)NC1CCCN(Cc2ccccc2)C1=O)c1ccccn1. The zero-order chi connectivity index (χ0) is 18.4. The quantitative estimate of drug-likeness (QED) is 0.869. The number of rotatable bonds is 5. The summed E-state index contributed by atoms with van der Waals surface area (Å²) in [7, 11) is 0. The summed E-state index contributed by atoms with van der Waals surface area (Å²) in [5.74, 6) is -0.0271. The zero-order valence-corrected chi connectivity index (χ0v) is 14.9. The highest BCUT2D eigenvalue weighted by Gasteiger charge is 2.30. The first kappa shape index (κ1) is 17.9. The van der Waals surface area contributed by atoms with Gasteiger partial charge in [-0.1, -0.05) is 36.4 Å². The van der Waals surface area contributed by atoms with Crippen LogP contribution in [0.1, 0.15) is 37.1 Å². The van der Waals surface area contributed by atoms with Crippen molar-refractivity contribution in [3.05, 3.63) is 66.0 Å². The highest BCUT2D eigenvalue weighted by atomic mass is 16.2. The predicted molar refractivity (Wildman–Crippen MR) is 99.2 cm³/mol. The number of pyridine rings is 1. The smallest absolute Gasteiger partial charge is 0.315 e. The largest absolute Gasteiger partial charge is 0.337 e. The fraction of sp³-hybridized carbons (Fsp3) is 0.350. The van der Waals surface area contributed by atoms with Crippen LogP contribution in [0.2, 0.25) is 0 Å². The van der Waals surface area contributed by atoms with E-state index in [1.165, 1.54) is 0 Å². The number of carbonyl (C=O) groups is 2. The molecule has 0 radical (unpaired) electrons. The van der Waals surface area contributed by atoms with Crippen LogP contribution in [0.5, 0.6) is 0 Å². The van der Waals surface area contributed by atoms with Crippen molar-refractivity contribution >= 4 is 11.9 Å². The normalized spacial score (nSPS) is 18.3. The van der Waals surface area contributed by atoms with Crippen LogP contribution in [0.4, 0.5) is 4.79 Å². The van der Waals surface area contributed by atoms with Gasteiger partial charge in [0.1, 0.15) is 6.04 Å². The van der Waals surface area contributed by atoms with E-state index < -0.39 is 6.04 Å². The van der Waals surface area contributed by atoms with Crippen molar-refractivity contribution in [2.45, 2.75) is 38.4 Å². The van der Waals surface area contributed by atoms with E-state index in [9.17, 15) is 9.59 Å². The minimum absolute atomic E-state index is 0.0271. The molecular formula is C20H24N4O2. The summed E-state index contributed by atoms with van der Waals surface area (Å²) in [4.78, 5) is 31.0. The van der Waals surface area contributed by atoms with Gasteiger partial charge < -0.3 is 15.5 Å². The van der Waals surface area contributed by atoms with Gasteiger partial charge in [0.15, 0.2) is 0 Å². The first-order valence-corrected chi connectivity index (χ1v) is 8.94. The number of benzene rings is 1. The Morgan fingerprint density at radius 3 is 2.73 bits per heavy atom. The van der Waals surface area contributed by atoms with Gasteiger partial charge in [-0.25, -0.2) is 4.79 Å². The molecule has 2 heterocycles. The molecule has 2 atom stereocenters. The summed E-state index contributed by atoms with van der Waals surface area (Å²) >= 11 is 0. The van der Waals surface area contributed by atoms with Gasteiger partial charge in [0, 0.05) is 19.3 Å². The molecule has 136 valence electrons. The third kappa shape index (κ3) is 4.59. The number of amides is 3. The summed E-state index contributed by atoms with van der Waals surface area (Å²) in [6, 6.07) is 14.4. The van der Waals surface area contributed by atoms with Crippen molar-refractivity contribution in [3.63, 3.8) is 0 Å². The standard InChI is InChI=1S/C20H24N4O2/c1-15(17-10-5-6-12-21-17)22-20(26)23-18-11-7-13-24(19(18)25)14-16-8-3-2-4-9-16/h2-6,8-10,12,15,18H,7,11,13-14H2,1H3,(H2,22,23,26). The van der Waals surface area contributed by atoms with Gasteiger partial charge >= 0.3 is 6.03 Å². The van der Waals surface area contributed by atoms with Crippen LogP contribution in [0.3, 0.4) is 0 Å². The third-order valence-electron chi connectivity index (χ3n) is 4.53. The van der Waals surface area contributed by atoms with E-state index in [-0.39, 0.29) is 18.0 Å². The second-order valence-electron chi connectivity index (χ2n) is 6.53. The van der Waals surface area contributed by atoms with Crippen molar-refractivity contribution in [1.29, 1.82) is 0 Å². The van der Waals surface area contributed by atoms with Crippen LogP contribution < -0.4 is 10.6 Å². The Kier molecular flexibility index (Phi) is 5.84. The van der Waals surface area contributed by atoms with Gasteiger partial charge in [-0.15, -0.1) is 0 Å². The summed E-state index contributed by atoms with van der Waals surface area (Å²) in [5, 5.41) is 5.66. The number of piperidine rings is 1. The van der Waals surface area contributed by atoms with E-state index in [2.05, 4.69) is 15.6 Å². The van der Waals surface area contributed by atoms with Gasteiger partial charge in [0.05, 0.1) is 11.7 Å². The number of urea groups is 1. The van der Waals surface area contributed by atoms with Crippen molar-refractivity contribution in [2.75, 3.05) is 6.54 Å². The number of nitrogens with zero attached hydrogens (tertiary/aromatic N) is 2. The molecule has 0 saturated carbocycles. The lowest BCUT2D eigenvalue weighted by Gasteiger charge is -2.33. The zero-order valence-electron chi connectivity index (χ0n) is 14.9. The molecule has 1 aromatic carbocycles. The first-order chi connectivity index (χ1) is 12.6. The molecule has 1 aliphatic heterocycles. The van der Waals surface area contributed by atoms with E-state index in [1.807, 2.05) is 60.4 Å². The van der Waals surface area contributed by atoms with Crippen molar-refractivity contribution in [3.8, 4) is 0 Å². The molecule has 6 heteroatoms. The molecule has 3 amide bonds. The lowest BCUT2D eigenvalue weighted by Crippen LogP contribution is -2.54. The average Bonchev–Trinajstić information content (AvgIpc) is 2.66. The Bertz CT molecular complexity index is 736. The second kappa shape index (κ2) is 8.47. The van der Waals surface area contributed by atoms with Crippen LogP contribution in [0, 0.1) is 0 Å². The van der Waals surface area contributed by atoms with E-state index in [0.717, 1.165) is 24.2 Å². The Labute approximate surface area is 153 Å². The Hall–Kier alpha value is -2.89. The summed E-state index contributed by atoms with van der Waals surface area (Å²) in [6.07, 6.45) is 3.23. The maximum absolute atomic E-state index is 12.7. The fourth-order valence-electron chi connectivity index (χ4n) is 3.14. The molecule has 2 unspecified atom stereocenters. The van der Waals surface area contributed by atoms with Gasteiger partial charge in [-0.2, -0.15) is 0 Å². The summed E-state index contributed by atoms with van der Waals surface area (Å²) in [6.45, 7) is 3.16. The number of likely N-dealkylation sites (tertiary alicyclic amines) is 1. The Morgan fingerprint density at radius 2 is 2.00 bits per heavy atom. The lowest BCUT2D eigenvalue weighted by atomic mass is 10.0. The Balaban J connectivity index is 1.55. The molecule has 1 aromatic heterocycles. The molecule has 6 nitrogen and oxygen atoms in total. The van der Waals surface area contributed by atoms with Crippen LogP contribution in [0.15, 0.2) is 54.7 Å². The molecule has 1 aliphatic rings. The number of carbonyl (C=O) groups excluding carboxylic acids is 2. The van der Waals surface area contributed by atoms with E-state index in [1.54, 1.807) is 6.20 Å². The molecule has 0 aliphatic carbocycles. The van der Waals surface area contributed by atoms with Crippen LogP contribution in [0.25, 0.3) is 0 Å². The monoisotopic (exact) mass is 352 g/mol. The van der Waals surface area contributed by atoms with Crippen molar-refractivity contribution in [2.24, 2.45) is 0 Å². The first-order valence-electron chi connectivity index (χ1n) is 8.94.